The molecule has 0 aliphatic rings. The number of aryl methyl sites for hydroxylation is 1. The van der Waals surface area contributed by atoms with Crippen LogP contribution in [0.1, 0.15) is 0 Å². The molecular formula is C14H10BrClN2O5S. The number of halogens is 2. The minimum absolute atomic E-state index is 0.0189. The SMILES string of the molecule is O=c1oc(-c2ccc(Br)o2)nn1CCS(=O)(=O)c1ccc(Cl)cc1. The molecule has 1 aromatic carbocycles. The fourth-order valence-corrected chi connectivity index (χ4v) is 3.58. The second-order valence-corrected chi connectivity index (χ2v) is 8.10. The first-order chi connectivity index (χ1) is 11.3. The van der Waals surface area contributed by atoms with Crippen LogP contribution in [0.5, 0.6) is 0 Å². The Hall–Kier alpha value is -1.84. The molecule has 0 amide bonds. The van der Waals surface area contributed by atoms with Gasteiger partial charge in [0.25, 0.3) is 5.89 Å². The van der Waals surface area contributed by atoms with Gasteiger partial charge in [-0.25, -0.2) is 13.2 Å². The van der Waals surface area contributed by atoms with Gasteiger partial charge in [0.15, 0.2) is 20.3 Å². The van der Waals surface area contributed by atoms with Crippen LogP contribution in [0.25, 0.3) is 11.7 Å². The number of sulfone groups is 1. The molecule has 0 atom stereocenters. The molecule has 0 aliphatic heterocycles. The van der Waals surface area contributed by atoms with Crippen LogP contribution in [-0.4, -0.2) is 24.0 Å². The van der Waals surface area contributed by atoms with Gasteiger partial charge >= 0.3 is 5.76 Å². The highest BCUT2D eigenvalue weighted by Crippen LogP contribution is 2.22. The van der Waals surface area contributed by atoms with E-state index in [4.69, 9.17) is 20.4 Å². The zero-order chi connectivity index (χ0) is 17.3. The van der Waals surface area contributed by atoms with Crippen molar-refractivity contribution in [3.8, 4) is 11.7 Å². The normalized spacial score (nSPS) is 11.8. The number of hydrogen-bond donors (Lipinski definition) is 0. The van der Waals surface area contributed by atoms with Gasteiger partial charge in [-0.1, -0.05) is 11.6 Å². The highest BCUT2D eigenvalue weighted by molar-refractivity contribution is 9.10. The van der Waals surface area contributed by atoms with Crippen LogP contribution >= 0.6 is 27.5 Å². The second kappa shape index (κ2) is 6.58. The largest absolute Gasteiger partial charge is 0.444 e. The van der Waals surface area contributed by atoms with Crippen molar-refractivity contribution in [2.75, 3.05) is 5.75 Å². The van der Waals surface area contributed by atoms with Gasteiger partial charge in [0, 0.05) is 5.02 Å². The van der Waals surface area contributed by atoms with E-state index in [0.717, 1.165) is 4.68 Å². The average molecular weight is 434 g/mol. The number of nitrogens with zero attached hydrogens (tertiary/aromatic N) is 2. The van der Waals surface area contributed by atoms with Crippen molar-refractivity contribution in [1.29, 1.82) is 0 Å². The summed E-state index contributed by atoms with van der Waals surface area (Å²) in [4.78, 5) is 11.9. The van der Waals surface area contributed by atoms with Gasteiger partial charge in [-0.05, 0) is 52.3 Å². The molecule has 0 fully saturated rings. The van der Waals surface area contributed by atoms with Gasteiger partial charge in [0.05, 0.1) is 17.2 Å². The number of rotatable bonds is 5. The van der Waals surface area contributed by atoms with E-state index in [1.807, 2.05) is 0 Å². The smallest absolute Gasteiger partial charge is 0.437 e. The van der Waals surface area contributed by atoms with E-state index in [2.05, 4.69) is 21.0 Å². The van der Waals surface area contributed by atoms with Crippen LogP contribution < -0.4 is 5.76 Å². The van der Waals surface area contributed by atoms with E-state index in [1.54, 1.807) is 12.1 Å². The molecule has 0 saturated carbocycles. The predicted molar refractivity (Wildman–Crippen MR) is 89.7 cm³/mol. The summed E-state index contributed by atoms with van der Waals surface area (Å²) in [6.45, 7) is -0.144. The zero-order valence-corrected chi connectivity index (χ0v) is 15.1. The van der Waals surface area contributed by atoms with Crippen LogP contribution in [0.2, 0.25) is 5.02 Å². The molecule has 2 aromatic heterocycles. The Balaban J connectivity index is 1.78. The molecule has 0 saturated heterocycles. The molecule has 3 aromatic rings. The second-order valence-electron chi connectivity index (χ2n) is 4.77. The highest BCUT2D eigenvalue weighted by Gasteiger charge is 2.18. The number of benzene rings is 1. The Morgan fingerprint density at radius 3 is 2.46 bits per heavy atom. The monoisotopic (exact) mass is 432 g/mol. The quantitative estimate of drug-likeness (QED) is 0.614. The lowest BCUT2D eigenvalue weighted by Gasteiger charge is -2.03. The lowest BCUT2D eigenvalue weighted by Crippen LogP contribution is -2.21. The van der Waals surface area contributed by atoms with Crippen LogP contribution in [0.3, 0.4) is 0 Å². The molecular weight excluding hydrogens is 424 g/mol. The zero-order valence-electron chi connectivity index (χ0n) is 12.0. The Morgan fingerprint density at radius 2 is 1.83 bits per heavy atom. The maximum atomic E-state index is 12.3. The molecule has 7 nitrogen and oxygen atoms in total. The molecule has 2 heterocycles. The van der Waals surface area contributed by atoms with Crippen LogP contribution in [-0.2, 0) is 16.4 Å². The summed E-state index contributed by atoms with van der Waals surface area (Å²) in [6, 6.07) is 9.00. The first kappa shape index (κ1) is 17.0. The van der Waals surface area contributed by atoms with Gasteiger partial charge in [-0.3, -0.25) is 0 Å². The summed E-state index contributed by atoms with van der Waals surface area (Å²) in [5, 5.41) is 4.38. The van der Waals surface area contributed by atoms with E-state index < -0.39 is 15.6 Å². The summed E-state index contributed by atoms with van der Waals surface area (Å²) in [6.07, 6.45) is 0. The Bertz CT molecular complexity index is 1020. The third-order valence-corrected chi connectivity index (χ3v) is 5.52. The molecule has 126 valence electrons. The Kier molecular flexibility index (Phi) is 4.66. The molecule has 10 heteroatoms. The predicted octanol–water partition coefficient (Wildman–Crippen LogP) is 2.99. The van der Waals surface area contributed by atoms with Crippen molar-refractivity contribution in [2.45, 2.75) is 11.4 Å². The number of furan rings is 1. The van der Waals surface area contributed by atoms with E-state index >= 15 is 0 Å². The number of aromatic nitrogens is 2. The Labute approximate surface area is 149 Å². The standard InChI is InChI=1S/C14H10BrClN2O5S/c15-12-6-5-11(22-12)13-17-18(14(19)23-13)7-8-24(20,21)10-3-1-9(16)2-4-10/h1-6H,7-8H2. The molecule has 0 unspecified atom stereocenters. The van der Waals surface area contributed by atoms with Crippen molar-refractivity contribution in [3.63, 3.8) is 0 Å². The first-order valence-electron chi connectivity index (χ1n) is 6.67. The van der Waals surface area contributed by atoms with Crippen LogP contribution in [0.15, 0.2) is 59.6 Å². The maximum absolute atomic E-state index is 12.3. The summed E-state index contributed by atoms with van der Waals surface area (Å²) < 4.78 is 36.1. The molecule has 3 rings (SSSR count). The minimum Gasteiger partial charge on any atom is -0.444 e. The molecule has 0 radical (unpaired) electrons. The van der Waals surface area contributed by atoms with Gasteiger partial charge in [0.1, 0.15) is 0 Å². The highest BCUT2D eigenvalue weighted by atomic mass is 79.9. The molecule has 24 heavy (non-hydrogen) atoms. The van der Waals surface area contributed by atoms with E-state index in [1.165, 1.54) is 24.3 Å². The molecule has 0 aliphatic carbocycles. The average Bonchev–Trinajstić information content (AvgIpc) is 3.12. The van der Waals surface area contributed by atoms with Crippen molar-refractivity contribution in [3.05, 3.63) is 56.6 Å². The summed E-state index contributed by atoms with van der Waals surface area (Å²) >= 11 is 8.88. The summed E-state index contributed by atoms with van der Waals surface area (Å²) in [5.41, 5.74) is 0. The van der Waals surface area contributed by atoms with Crippen molar-refractivity contribution < 1.29 is 17.3 Å². The van der Waals surface area contributed by atoms with Crippen LogP contribution in [0, 0.1) is 0 Å². The van der Waals surface area contributed by atoms with Crippen molar-refractivity contribution in [1.82, 2.24) is 9.78 Å². The van der Waals surface area contributed by atoms with E-state index in [9.17, 15) is 13.2 Å². The molecule has 0 bridgehead atoms. The summed E-state index contributed by atoms with van der Waals surface area (Å²) in [7, 11) is -3.57. The minimum atomic E-state index is -3.57. The fraction of sp³-hybridized carbons (Fsp3) is 0.143. The van der Waals surface area contributed by atoms with Crippen LogP contribution in [0.4, 0.5) is 0 Å². The van der Waals surface area contributed by atoms with E-state index in [0.29, 0.717) is 9.69 Å². The van der Waals surface area contributed by atoms with Crippen molar-refractivity contribution >= 4 is 37.4 Å². The molecule has 0 spiro atoms. The fourth-order valence-electron chi connectivity index (χ4n) is 1.94. The summed E-state index contributed by atoms with van der Waals surface area (Å²) in [5.74, 6) is -0.820. The van der Waals surface area contributed by atoms with Gasteiger partial charge < -0.3 is 8.83 Å². The third kappa shape index (κ3) is 3.63. The number of hydrogen-bond acceptors (Lipinski definition) is 6. The molecule has 0 N–H and O–H groups in total. The lowest BCUT2D eigenvalue weighted by atomic mass is 10.4. The Morgan fingerprint density at radius 1 is 1.12 bits per heavy atom. The third-order valence-electron chi connectivity index (χ3n) is 3.13. The lowest BCUT2D eigenvalue weighted by molar-refractivity contribution is 0.469. The maximum Gasteiger partial charge on any atom is 0.437 e. The van der Waals surface area contributed by atoms with E-state index in [-0.39, 0.29) is 28.8 Å². The van der Waals surface area contributed by atoms with Gasteiger partial charge in [0.2, 0.25) is 0 Å². The van der Waals surface area contributed by atoms with Gasteiger partial charge in [-0.2, -0.15) is 4.68 Å². The van der Waals surface area contributed by atoms with Gasteiger partial charge in [-0.15, -0.1) is 5.10 Å². The topological polar surface area (TPSA) is 95.3 Å². The first-order valence-corrected chi connectivity index (χ1v) is 9.49. The van der Waals surface area contributed by atoms with Crippen molar-refractivity contribution in [2.24, 2.45) is 0 Å².